The molecular formula is C13H16BrFN2O2. The van der Waals surface area contributed by atoms with Gasteiger partial charge in [0.1, 0.15) is 0 Å². The first kappa shape index (κ1) is 14.3. The fourth-order valence-corrected chi connectivity index (χ4v) is 2.45. The molecule has 0 unspecified atom stereocenters. The summed E-state index contributed by atoms with van der Waals surface area (Å²) in [5.74, 6) is -0.514. The van der Waals surface area contributed by atoms with Gasteiger partial charge >= 0.3 is 0 Å². The SMILES string of the molecule is COc1cc(C(=O)N2CC(N(C)C)C2)c(Br)cc1F. The van der Waals surface area contributed by atoms with Crippen molar-refractivity contribution >= 4 is 21.8 Å². The summed E-state index contributed by atoms with van der Waals surface area (Å²) >= 11 is 3.22. The second-order valence-electron chi connectivity index (χ2n) is 4.79. The maximum Gasteiger partial charge on any atom is 0.255 e. The minimum Gasteiger partial charge on any atom is -0.494 e. The normalized spacial score (nSPS) is 15.6. The second-order valence-corrected chi connectivity index (χ2v) is 5.65. The quantitative estimate of drug-likeness (QED) is 0.849. The van der Waals surface area contributed by atoms with Crippen LogP contribution in [-0.2, 0) is 0 Å². The van der Waals surface area contributed by atoms with Gasteiger partial charge in [-0.15, -0.1) is 0 Å². The molecule has 1 aliphatic rings. The zero-order valence-electron chi connectivity index (χ0n) is 11.1. The summed E-state index contributed by atoms with van der Waals surface area (Å²) in [5.41, 5.74) is 0.426. The van der Waals surface area contributed by atoms with E-state index in [0.717, 1.165) is 0 Å². The van der Waals surface area contributed by atoms with E-state index in [0.29, 0.717) is 29.2 Å². The summed E-state index contributed by atoms with van der Waals surface area (Å²) in [6.07, 6.45) is 0. The van der Waals surface area contributed by atoms with E-state index >= 15 is 0 Å². The molecule has 1 aromatic rings. The predicted molar refractivity (Wildman–Crippen MR) is 74.0 cm³/mol. The van der Waals surface area contributed by atoms with Crippen LogP contribution in [0.1, 0.15) is 10.4 Å². The average molecular weight is 331 g/mol. The molecule has 6 heteroatoms. The molecule has 1 fully saturated rings. The Kier molecular flexibility index (Phi) is 4.10. The molecule has 2 rings (SSSR count). The van der Waals surface area contributed by atoms with Crippen molar-refractivity contribution in [1.82, 2.24) is 9.80 Å². The van der Waals surface area contributed by atoms with Crippen molar-refractivity contribution in [2.24, 2.45) is 0 Å². The van der Waals surface area contributed by atoms with Gasteiger partial charge < -0.3 is 14.5 Å². The number of carbonyl (C=O) groups excluding carboxylic acids is 1. The molecule has 1 heterocycles. The predicted octanol–water partition coefficient (Wildman–Crippen LogP) is 1.98. The third-order valence-corrected chi connectivity index (χ3v) is 4.01. The van der Waals surface area contributed by atoms with E-state index in [1.807, 2.05) is 14.1 Å². The summed E-state index contributed by atoms with van der Waals surface area (Å²) in [6, 6.07) is 3.09. The van der Waals surface area contributed by atoms with Crippen LogP contribution in [0.3, 0.4) is 0 Å². The zero-order chi connectivity index (χ0) is 14.2. The molecule has 0 aromatic heterocycles. The number of rotatable bonds is 3. The van der Waals surface area contributed by atoms with Crippen molar-refractivity contribution in [2.75, 3.05) is 34.3 Å². The van der Waals surface area contributed by atoms with Crippen LogP contribution in [0.4, 0.5) is 4.39 Å². The summed E-state index contributed by atoms with van der Waals surface area (Å²) in [7, 11) is 5.36. The number of carbonyl (C=O) groups is 1. The number of likely N-dealkylation sites (tertiary alicyclic amines) is 1. The van der Waals surface area contributed by atoms with Gasteiger partial charge in [0.25, 0.3) is 5.91 Å². The van der Waals surface area contributed by atoms with E-state index in [1.165, 1.54) is 19.2 Å². The summed E-state index contributed by atoms with van der Waals surface area (Å²) < 4.78 is 18.8. The Balaban J connectivity index is 2.16. The fourth-order valence-electron chi connectivity index (χ4n) is 1.97. The molecular weight excluding hydrogens is 315 g/mol. The standard InChI is InChI=1S/C13H16BrFN2O2/c1-16(2)8-6-17(7-8)13(18)9-4-12(19-3)11(15)5-10(9)14/h4-5,8H,6-7H2,1-3H3. The molecule has 104 valence electrons. The molecule has 1 aliphatic heterocycles. The summed E-state index contributed by atoms with van der Waals surface area (Å²) in [6.45, 7) is 1.38. The molecule has 0 saturated carbocycles. The number of hydrogen-bond donors (Lipinski definition) is 0. The van der Waals surface area contributed by atoms with Crippen molar-refractivity contribution in [3.63, 3.8) is 0 Å². The lowest BCUT2D eigenvalue weighted by Gasteiger charge is -2.42. The Morgan fingerprint density at radius 1 is 1.47 bits per heavy atom. The largest absolute Gasteiger partial charge is 0.494 e. The van der Waals surface area contributed by atoms with Crippen molar-refractivity contribution in [2.45, 2.75) is 6.04 Å². The van der Waals surface area contributed by atoms with Crippen LogP contribution in [0.2, 0.25) is 0 Å². The summed E-state index contributed by atoms with van der Waals surface area (Å²) in [4.78, 5) is 16.1. The minimum absolute atomic E-state index is 0.0798. The number of likely N-dealkylation sites (N-methyl/N-ethyl adjacent to an activating group) is 1. The van der Waals surface area contributed by atoms with Gasteiger partial charge in [-0.05, 0) is 42.2 Å². The van der Waals surface area contributed by atoms with Gasteiger partial charge in [0.05, 0.1) is 12.7 Å². The topological polar surface area (TPSA) is 32.8 Å². The van der Waals surface area contributed by atoms with Gasteiger partial charge in [-0.25, -0.2) is 4.39 Å². The molecule has 0 N–H and O–H groups in total. The smallest absolute Gasteiger partial charge is 0.255 e. The van der Waals surface area contributed by atoms with Gasteiger partial charge in [0.15, 0.2) is 11.6 Å². The van der Waals surface area contributed by atoms with Crippen molar-refractivity contribution in [3.8, 4) is 5.75 Å². The highest BCUT2D eigenvalue weighted by Gasteiger charge is 2.33. The lowest BCUT2D eigenvalue weighted by Crippen LogP contribution is -2.59. The molecule has 0 spiro atoms. The highest BCUT2D eigenvalue weighted by Crippen LogP contribution is 2.28. The van der Waals surface area contributed by atoms with Gasteiger partial charge in [0.2, 0.25) is 0 Å². The van der Waals surface area contributed by atoms with E-state index in [9.17, 15) is 9.18 Å². The highest BCUT2D eigenvalue weighted by molar-refractivity contribution is 9.10. The Bertz CT molecular complexity index is 502. The van der Waals surface area contributed by atoms with E-state index < -0.39 is 5.82 Å². The van der Waals surface area contributed by atoms with Crippen LogP contribution >= 0.6 is 15.9 Å². The summed E-state index contributed by atoms with van der Waals surface area (Å²) in [5, 5.41) is 0. The van der Waals surface area contributed by atoms with Gasteiger partial charge in [-0.3, -0.25) is 4.79 Å². The number of ether oxygens (including phenoxy) is 1. The van der Waals surface area contributed by atoms with E-state index in [-0.39, 0.29) is 11.7 Å². The average Bonchev–Trinajstić information content (AvgIpc) is 2.26. The number of amides is 1. The van der Waals surface area contributed by atoms with Gasteiger partial charge in [-0.2, -0.15) is 0 Å². The van der Waals surface area contributed by atoms with E-state index in [1.54, 1.807) is 4.90 Å². The molecule has 0 radical (unpaired) electrons. The Morgan fingerprint density at radius 2 is 2.11 bits per heavy atom. The number of halogens is 2. The first-order chi connectivity index (χ1) is 8.93. The number of methoxy groups -OCH3 is 1. The van der Waals surface area contributed by atoms with Crippen LogP contribution < -0.4 is 4.74 Å². The first-order valence-corrected chi connectivity index (χ1v) is 6.72. The minimum atomic E-state index is -0.485. The number of hydrogen-bond acceptors (Lipinski definition) is 3. The van der Waals surface area contributed by atoms with Crippen molar-refractivity contribution < 1.29 is 13.9 Å². The van der Waals surface area contributed by atoms with Crippen molar-refractivity contribution in [1.29, 1.82) is 0 Å². The lowest BCUT2D eigenvalue weighted by molar-refractivity contribution is 0.0398. The van der Waals surface area contributed by atoms with Crippen molar-refractivity contribution in [3.05, 3.63) is 28.0 Å². The third-order valence-electron chi connectivity index (χ3n) is 3.35. The van der Waals surface area contributed by atoms with Gasteiger partial charge in [-0.1, -0.05) is 0 Å². The molecule has 1 amide bonds. The van der Waals surface area contributed by atoms with E-state index in [2.05, 4.69) is 20.8 Å². The molecule has 4 nitrogen and oxygen atoms in total. The number of nitrogens with zero attached hydrogens (tertiary/aromatic N) is 2. The maximum absolute atomic E-state index is 13.5. The Morgan fingerprint density at radius 3 is 2.63 bits per heavy atom. The molecule has 1 aromatic carbocycles. The van der Waals surface area contributed by atoms with Crippen LogP contribution in [0, 0.1) is 5.82 Å². The second kappa shape index (κ2) is 5.46. The van der Waals surface area contributed by atoms with E-state index in [4.69, 9.17) is 4.74 Å². The first-order valence-electron chi connectivity index (χ1n) is 5.92. The Labute approximate surface area is 120 Å². The molecule has 0 atom stereocenters. The number of benzene rings is 1. The molecule has 19 heavy (non-hydrogen) atoms. The lowest BCUT2D eigenvalue weighted by atomic mass is 10.1. The third kappa shape index (κ3) is 2.74. The van der Waals surface area contributed by atoms with Crippen LogP contribution in [0.5, 0.6) is 5.75 Å². The molecule has 0 aliphatic carbocycles. The monoisotopic (exact) mass is 330 g/mol. The van der Waals surface area contributed by atoms with Gasteiger partial charge in [0, 0.05) is 23.6 Å². The maximum atomic E-state index is 13.5. The van der Waals surface area contributed by atoms with Crippen LogP contribution in [0.15, 0.2) is 16.6 Å². The van der Waals surface area contributed by atoms with Crippen LogP contribution in [-0.4, -0.2) is 56.0 Å². The molecule has 0 bridgehead atoms. The Hall–Kier alpha value is -1.14. The fraction of sp³-hybridized carbons (Fsp3) is 0.462. The highest BCUT2D eigenvalue weighted by atomic mass is 79.9. The molecule has 1 saturated heterocycles. The van der Waals surface area contributed by atoms with Crippen LogP contribution in [0.25, 0.3) is 0 Å². The zero-order valence-corrected chi connectivity index (χ0v) is 12.7.